The Balaban J connectivity index is 1.44. The second-order valence-electron chi connectivity index (χ2n) is 6.94. The molecule has 0 unspecified atom stereocenters. The topological polar surface area (TPSA) is 79.3 Å². The maximum atomic E-state index is 13.0. The molecule has 1 N–H and O–H groups in total. The van der Waals surface area contributed by atoms with Gasteiger partial charge in [0.1, 0.15) is 5.75 Å². The van der Waals surface area contributed by atoms with Crippen molar-refractivity contribution < 1.29 is 24.2 Å². The predicted molar refractivity (Wildman–Crippen MR) is 107 cm³/mol. The molecule has 8 heteroatoms. The van der Waals surface area contributed by atoms with E-state index in [1.807, 2.05) is 0 Å². The number of hydrogen-bond donors (Lipinski definition) is 1. The Morgan fingerprint density at radius 1 is 0.931 bits per heavy atom. The second kappa shape index (κ2) is 8.21. The molecule has 2 aliphatic rings. The number of phenolic OH excluding ortho intramolecular Hbond substituents is 1. The van der Waals surface area contributed by atoms with Crippen molar-refractivity contribution in [3.63, 3.8) is 0 Å². The lowest BCUT2D eigenvalue weighted by Gasteiger charge is -2.35. The molecule has 152 valence electrons. The third-order valence-electron chi connectivity index (χ3n) is 5.04. The van der Waals surface area contributed by atoms with Gasteiger partial charge in [0.25, 0.3) is 11.8 Å². The number of ether oxygens (including phenoxy) is 2. The number of amides is 2. The molecule has 2 aromatic rings. The molecule has 4 rings (SSSR count). The number of rotatable bonds is 2. The van der Waals surface area contributed by atoms with Crippen molar-refractivity contribution in [1.29, 1.82) is 0 Å². The number of halogens is 1. The third kappa shape index (κ3) is 3.96. The van der Waals surface area contributed by atoms with Gasteiger partial charge in [-0.15, -0.1) is 0 Å². The molecule has 2 aliphatic heterocycles. The molecule has 1 fully saturated rings. The lowest BCUT2D eigenvalue weighted by molar-refractivity contribution is 0.0533. The molecule has 0 spiro atoms. The largest absolute Gasteiger partial charge is 0.507 e. The van der Waals surface area contributed by atoms with E-state index in [1.54, 1.807) is 40.1 Å². The van der Waals surface area contributed by atoms with Crippen molar-refractivity contribution in [1.82, 2.24) is 9.80 Å². The number of fused-ring (bicyclic) bond motifs is 1. The van der Waals surface area contributed by atoms with Crippen LogP contribution in [-0.2, 0) is 0 Å². The number of para-hydroxylation sites is 1. The highest BCUT2D eigenvalue weighted by Crippen LogP contribution is 2.38. The molecule has 0 atom stereocenters. The molecule has 0 aromatic heterocycles. The van der Waals surface area contributed by atoms with Gasteiger partial charge in [0.15, 0.2) is 11.5 Å². The summed E-state index contributed by atoms with van der Waals surface area (Å²) in [5.74, 6) is 0.495. The van der Waals surface area contributed by atoms with Crippen LogP contribution >= 0.6 is 11.6 Å². The van der Waals surface area contributed by atoms with Gasteiger partial charge in [-0.2, -0.15) is 0 Å². The van der Waals surface area contributed by atoms with Crippen molar-refractivity contribution >= 4 is 23.4 Å². The highest BCUT2D eigenvalue weighted by atomic mass is 35.5. The van der Waals surface area contributed by atoms with E-state index in [9.17, 15) is 14.7 Å². The molecular formula is C21H21ClN2O5. The van der Waals surface area contributed by atoms with Crippen molar-refractivity contribution in [2.24, 2.45) is 0 Å². The number of benzene rings is 2. The van der Waals surface area contributed by atoms with E-state index in [0.717, 1.165) is 6.42 Å². The fraction of sp³-hybridized carbons (Fsp3) is 0.333. The van der Waals surface area contributed by atoms with Crippen LogP contribution in [0.1, 0.15) is 27.1 Å². The minimum Gasteiger partial charge on any atom is -0.507 e. The zero-order valence-electron chi connectivity index (χ0n) is 15.8. The van der Waals surface area contributed by atoms with Gasteiger partial charge in [0, 0.05) is 38.2 Å². The first-order chi connectivity index (χ1) is 14.0. The normalized spacial score (nSPS) is 16.3. The maximum absolute atomic E-state index is 13.0. The highest BCUT2D eigenvalue weighted by molar-refractivity contribution is 6.32. The smallest absolute Gasteiger partial charge is 0.257 e. The Hall–Kier alpha value is -2.93. The number of carbonyl (C=O) groups excluding carboxylic acids is 2. The van der Waals surface area contributed by atoms with Gasteiger partial charge in [0.05, 0.1) is 23.8 Å². The van der Waals surface area contributed by atoms with Crippen molar-refractivity contribution in [3.8, 4) is 17.2 Å². The van der Waals surface area contributed by atoms with Gasteiger partial charge in [-0.1, -0.05) is 23.7 Å². The van der Waals surface area contributed by atoms with Crippen LogP contribution in [0.25, 0.3) is 0 Å². The van der Waals surface area contributed by atoms with Crippen LogP contribution in [-0.4, -0.2) is 66.1 Å². The van der Waals surface area contributed by atoms with Crippen LogP contribution in [0.4, 0.5) is 0 Å². The standard InChI is InChI=1S/C21H21ClN2O5/c22-16-12-14(13-18-19(16)29-11-3-10-28-18)20(26)23-6-8-24(9-7-23)21(27)15-4-1-2-5-17(15)25/h1-2,4-5,12-13,25H,3,6-11H2. The Bertz CT molecular complexity index is 941. The average Bonchev–Trinajstić information content (AvgIpc) is 2.99. The predicted octanol–water partition coefficient (Wildman–Crippen LogP) is 2.81. The summed E-state index contributed by atoms with van der Waals surface area (Å²) in [5, 5.41) is 10.2. The van der Waals surface area contributed by atoms with Gasteiger partial charge >= 0.3 is 0 Å². The molecule has 0 saturated carbocycles. The first kappa shape index (κ1) is 19.4. The van der Waals surface area contributed by atoms with E-state index < -0.39 is 0 Å². The lowest BCUT2D eigenvalue weighted by atomic mass is 10.1. The quantitative estimate of drug-likeness (QED) is 0.814. The second-order valence-corrected chi connectivity index (χ2v) is 7.34. The number of piperazine rings is 1. The van der Waals surface area contributed by atoms with Crippen LogP contribution in [0.15, 0.2) is 36.4 Å². The number of aromatic hydroxyl groups is 1. The summed E-state index contributed by atoms with van der Waals surface area (Å²) in [6.45, 7) is 2.59. The van der Waals surface area contributed by atoms with Gasteiger partial charge in [-0.25, -0.2) is 0 Å². The maximum Gasteiger partial charge on any atom is 0.257 e. The monoisotopic (exact) mass is 416 g/mol. The number of nitrogens with zero attached hydrogens (tertiary/aromatic N) is 2. The van der Waals surface area contributed by atoms with Crippen molar-refractivity contribution in [2.75, 3.05) is 39.4 Å². The fourth-order valence-electron chi connectivity index (χ4n) is 3.47. The average molecular weight is 417 g/mol. The first-order valence-corrected chi connectivity index (χ1v) is 9.88. The minimum atomic E-state index is -0.242. The van der Waals surface area contributed by atoms with Crippen LogP contribution < -0.4 is 9.47 Å². The minimum absolute atomic E-state index is 0.0437. The molecule has 0 aliphatic carbocycles. The number of carbonyl (C=O) groups is 2. The van der Waals surface area contributed by atoms with E-state index >= 15 is 0 Å². The summed E-state index contributed by atoms with van der Waals surface area (Å²) in [5.41, 5.74) is 0.696. The highest BCUT2D eigenvalue weighted by Gasteiger charge is 2.28. The van der Waals surface area contributed by atoms with Crippen LogP contribution in [0.2, 0.25) is 5.02 Å². The van der Waals surface area contributed by atoms with Gasteiger partial charge < -0.3 is 24.4 Å². The van der Waals surface area contributed by atoms with Crippen LogP contribution in [0.5, 0.6) is 17.2 Å². The fourth-order valence-corrected chi connectivity index (χ4v) is 3.74. The molecule has 2 amide bonds. The van der Waals surface area contributed by atoms with Crippen molar-refractivity contribution in [2.45, 2.75) is 6.42 Å². The molecule has 7 nitrogen and oxygen atoms in total. The Labute approximate surface area is 173 Å². The van der Waals surface area contributed by atoms with Gasteiger partial charge in [0.2, 0.25) is 0 Å². The zero-order chi connectivity index (χ0) is 20.4. The summed E-state index contributed by atoms with van der Waals surface area (Å²) >= 11 is 6.30. The Morgan fingerprint density at radius 3 is 2.31 bits per heavy atom. The molecule has 0 radical (unpaired) electrons. The SMILES string of the molecule is O=C(c1cc(Cl)c2c(c1)OCCCO2)N1CCN(C(=O)c2ccccc2O)CC1. The summed E-state index contributed by atoms with van der Waals surface area (Å²) in [7, 11) is 0. The van der Waals surface area contributed by atoms with Crippen LogP contribution in [0.3, 0.4) is 0 Å². The molecule has 1 saturated heterocycles. The van der Waals surface area contributed by atoms with Crippen LogP contribution in [0, 0.1) is 0 Å². The molecule has 0 bridgehead atoms. The summed E-state index contributed by atoms with van der Waals surface area (Å²) in [4.78, 5) is 28.9. The Kier molecular flexibility index (Phi) is 5.49. The lowest BCUT2D eigenvalue weighted by Crippen LogP contribution is -2.50. The number of hydrogen-bond acceptors (Lipinski definition) is 5. The molecular weight excluding hydrogens is 396 g/mol. The molecule has 2 heterocycles. The zero-order valence-corrected chi connectivity index (χ0v) is 16.5. The number of phenols is 1. The summed E-state index contributed by atoms with van der Waals surface area (Å²) in [6, 6.07) is 9.71. The van der Waals surface area contributed by atoms with Gasteiger partial charge in [-0.05, 0) is 24.3 Å². The Morgan fingerprint density at radius 2 is 1.59 bits per heavy atom. The van der Waals surface area contributed by atoms with E-state index in [1.165, 1.54) is 6.07 Å². The van der Waals surface area contributed by atoms with E-state index in [2.05, 4.69) is 0 Å². The van der Waals surface area contributed by atoms with E-state index in [4.69, 9.17) is 21.1 Å². The van der Waals surface area contributed by atoms with E-state index in [-0.39, 0.29) is 23.1 Å². The molecule has 29 heavy (non-hydrogen) atoms. The summed E-state index contributed by atoms with van der Waals surface area (Å²) in [6.07, 6.45) is 0.751. The summed E-state index contributed by atoms with van der Waals surface area (Å²) < 4.78 is 11.3. The van der Waals surface area contributed by atoms with Crippen molar-refractivity contribution in [3.05, 3.63) is 52.5 Å². The third-order valence-corrected chi connectivity index (χ3v) is 5.32. The molecule has 2 aromatic carbocycles. The first-order valence-electron chi connectivity index (χ1n) is 9.50. The van der Waals surface area contributed by atoms with E-state index in [0.29, 0.717) is 61.5 Å². The van der Waals surface area contributed by atoms with Gasteiger partial charge in [-0.3, -0.25) is 9.59 Å².